The van der Waals surface area contributed by atoms with Gasteiger partial charge in [0.05, 0.1) is 11.6 Å². The Morgan fingerprint density at radius 3 is 2.38 bits per heavy atom. The third-order valence-electron chi connectivity index (χ3n) is 4.22. The van der Waals surface area contributed by atoms with Crippen LogP contribution in [0.3, 0.4) is 0 Å². The molecule has 0 aliphatic carbocycles. The molecule has 0 saturated carbocycles. The first-order chi connectivity index (χ1) is 11.3. The third kappa shape index (κ3) is 3.82. The number of carbonyl (C=O) groups excluding carboxylic acids is 1. The molecule has 1 amide bonds. The van der Waals surface area contributed by atoms with Crippen LogP contribution in [0.2, 0.25) is 0 Å². The highest BCUT2D eigenvalue weighted by Gasteiger charge is 2.28. The Morgan fingerprint density at radius 1 is 1.25 bits per heavy atom. The molecule has 1 aromatic carbocycles. The van der Waals surface area contributed by atoms with Crippen LogP contribution in [0.4, 0.5) is 0 Å². The summed E-state index contributed by atoms with van der Waals surface area (Å²) >= 11 is 0. The van der Waals surface area contributed by atoms with Gasteiger partial charge < -0.3 is 10.0 Å². The molecule has 0 unspecified atom stereocenters. The van der Waals surface area contributed by atoms with Gasteiger partial charge in [-0.25, -0.2) is 0 Å². The maximum Gasteiger partial charge on any atom is 0.323 e. The third-order valence-corrected chi connectivity index (χ3v) is 4.22. The molecule has 6 nitrogen and oxygen atoms in total. The van der Waals surface area contributed by atoms with Crippen LogP contribution in [0.25, 0.3) is 0 Å². The number of aryl methyl sites for hydroxylation is 2. The van der Waals surface area contributed by atoms with Gasteiger partial charge in [0.25, 0.3) is 0 Å². The molecule has 2 rings (SSSR count). The number of aliphatic carboxylic acids is 1. The van der Waals surface area contributed by atoms with Crippen molar-refractivity contribution in [1.29, 1.82) is 0 Å². The van der Waals surface area contributed by atoms with Gasteiger partial charge in [-0.2, -0.15) is 5.10 Å². The first-order valence-corrected chi connectivity index (χ1v) is 7.85. The predicted octanol–water partition coefficient (Wildman–Crippen LogP) is 2.25. The Kier molecular flexibility index (Phi) is 5.39. The molecule has 24 heavy (non-hydrogen) atoms. The lowest BCUT2D eigenvalue weighted by Gasteiger charge is -2.24. The van der Waals surface area contributed by atoms with Crippen molar-refractivity contribution in [3.05, 3.63) is 52.8 Å². The molecular weight excluding hydrogens is 306 g/mol. The maximum atomic E-state index is 12.9. The molecule has 0 fully saturated rings. The molecule has 6 heteroatoms. The van der Waals surface area contributed by atoms with Crippen molar-refractivity contribution in [2.24, 2.45) is 7.05 Å². The molecule has 0 bridgehead atoms. The second-order valence-corrected chi connectivity index (χ2v) is 6.00. The summed E-state index contributed by atoms with van der Waals surface area (Å²) in [5.41, 5.74) is 3.49. The Balaban J connectivity index is 2.28. The fourth-order valence-electron chi connectivity index (χ4n) is 2.99. The van der Waals surface area contributed by atoms with Crippen LogP contribution in [0, 0.1) is 13.8 Å². The molecule has 128 valence electrons. The number of carbonyl (C=O) groups is 2. The summed E-state index contributed by atoms with van der Waals surface area (Å²) in [6.45, 7) is 5.53. The number of amides is 1. The smallest absolute Gasteiger partial charge is 0.323 e. The highest BCUT2D eigenvalue weighted by atomic mass is 16.4. The Labute approximate surface area is 141 Å². The number of benzene rings is 1. The van der Waals surface area contributed by atoms with Gasteiger partial charge in [-0.05, 0) is 26.3 Å². The molecule has 1 heterocycles. The summed E-state index contributed by atoms with van der Waals surface area (Å²) in [5, 5.41) is 13.5. The van der Waals surface area contributed by atoms with E-state index in [0.29, 0.717) is 0 Å². The van der Waals surface area contributed by atoms with Gasteiger partial charge in [-0.1, -0.05) is 30.3 Å². The first kappa shape index (κ1) is 17.7. The first-order valence-electron chi connectivity index (χ1n) is 7.85. The fourth-order valence-corrected chi connectivity index (χ4v) is 2.99. The fraction of sp³-hybridized carbons (Fsp3) is 0.389. The minimum Gasteiger partial charge on any atom is -0.480 e. The lowest BCUT2D eigenvalue weighted by atomic mass is 9.97. The molecule has 0 aliphatic heterocycles. The van der Waals surface area contributed by atoms with E-state index < -0.39 is 11.9 Å². The highest BCUT2D eigenvalue weighted by Crippen LogP contribution is 2.25. The minimum atomic E-state index is -1.02. The van der Waals surface area contributed by atoms with E-state index in [2.05, 4.69) is 5.10 Å². The molecule has 0 radical (unpaired) electrons. The van der Waals surface area contributed by atoms with E-state index >= 15 is 0 Å². The summed E-state index contributed by atoms with van der Waals surface area (Å²) in [6, 6.07) is 9.40. The normalized spacial score (nSPS) is 12.0. The summed E-state index contributed by atoms with van der Waals surface area (Å²) in [6.07, 6.45) is 0. The minimum absolute atomic E-state index is 0.208. The summed E-state index contributed by atoms with van der Waals surface area (Å²) in [5.74, 6) is -1.67. The van der Waals surface area contributed by atoms with Crippen LogP contribution in [0.5, 0.6) is 0 Å². The van der Waals surface area contributed by atoms with Gasteiger partial charge in [0, 0.05) is 24.8 Å². The van der Waals surface area contributed by atoms with E-state index in [1.165, 1.54) is 4.90 Å². The van der Waals surface area contributed by atoms with Crippen LogP contribution in [-0.4, -0.2) is 38.2 Å². The molecule has 0 spiro atoms. The van der Waals surface area contributed by atoms with Gasteiger partial charge in [-0.3, -0.25) is 14.3 Å². The number of rotatable bonds is 6. The number of carboxylic acid groups (broad SMARTS) is 1. The second kappa shape index (κ2) is 7.29. The lowest BCUT2D eigenvalue weighted by Crippen LogP contribution is -2.38. The number of hydrogen-bond donors (Lipinski definition) is 1. The monoisotopic (exact) mass is 329 g/mol. The van der Waals surface area contributed by atoms with E-state index in [1.807, 2.05) is 51.2 Å². The number of aromatic nitrogens is 2. The maximum absolute atomic E-state index is 12.9. The van der Waals surface area contributed by atoms with Gasteiger partial charge in [0.15, 0.2) is 0 Å². The zero-order chi connectivity index (χ0) is 17.9. The average molecular weight is 329 g/mol. The van der Waals surface area contributed by atoms with Crippen molar-refractivity contribution in [2.75, 3.05) is 6.54 Å². The molecular formula is C18H23N3O3. The van der Waals surface area contributed by atoms with Gasteiger partial charge in [-0.15, -0.1) is 0 Å². The quantitative estimate of drug-likeness (QED) is 0.882. The van der Waals surface area contributed by atoms with E-state index in [-0.39, 0.29) is 19.0 Å². The molecule has 1 atom stereocenters. The van der Waals surface area contributed by atoms with Crippen LogP contribution in [-0.2, 0) is 23.2 Å². The van der Waals surface area contributed by atoms with Crippen LogP contribution >= 0.6 is 0 Å². The second-order valence-electron chi connectivity index (χ2n) is 6.00. The Hall–Kier alpha value is -2.63. The SMILES string of the molecule is Cc1nn(C)c(C)c1[C@@H](C)C(=O)N(CC(=O)O)Cc1ccccc1. The standard InChI is InChI=1S/C18H23N3O3/c1-12(17-13(2)19-20(4)14(17)3)18(24)21(11-16(22)23)10-15-8-6-5-7-9-15/h5-9,12H,10-11H2,1-4H3,(H,22,23)/t12-/m1/s1. The highest BCUT2D eigenvalue weighted by molar-refractivity contribution is 5.86. The summed E-state index contributed by atoms with van der Waals surface area (Å²) in [7, 11) is 1.84. The molecule has 1 aromatic heterocycles. The van der Waals surface area contributed by atoms with E-state index in [1.54, 1.807) is 11.6 Å². The Bertz CT molecular complexity index is 737. The van der Waals surface area contributed by atoms with E-state index in [4.69, 9.17) is 5.11 Å². The van der Waals surface area contributed by atoms with Gasteiger partial charge in [0.2, 0.25) is 5.91 Å². The molecule has 0 aliphatic rings. The van der Waals surface area contributed by atoms with Crippen molar-refractivity contribution in [3.63, 3.8) is 0 Å². The molecule has 0 saturated heterocycles. The summed E-state index contributed by atoms with van der Waals surface area (Å²) < 4.78 is 1.74. The number of hydrogen-bond acceptors (Lipinski definition) is 3. The van der Waals surface area contributed by atoms with Crippen molar-refractivity contribution in [1.82, 2.24) is 14.7 Å². The zero-order valence-electron chi connectivity index (χ0n) is 14.5. The van der Waals surface area contributed by atoms with Crippen molar-refractivity contribution >= 4 is 11.9 Å². The molecule has 1 N–H and O–H groups in total. The number of carboxylic acids is 1. The largest absolute Gasteiger partial charge is 0.480 e. The zero-order valence-corrected chi connectivity index (χ0v) is 14.5. The van der Waals surface area contributed by atoms with Gasteiger partial charge >= 0.3 is 5.97 Å². The van der Waals surface area contributed by atoms with E-state index in [9.17, 15) is 9.59 Å². The topological polar surface area (TPSA) is 75.4 Å². The molecule has 2 aromatic rings. The van der Waals surface area contributed by atoms with Gasteiger partial charge in [0.1, 0.15) is 6.54 Å². The predicted molar refractivity (Wildman–Crippen MR) is 90.6 cm³/mol. The Morgan fingerprint density at radius 2 is 1.88 bits per heavy atom. The van der Waals surface area contributed by atoms with E-state index in [0.717, 1.165) is 22.5 Å². The van der Waals surface area contributed by atoms with Crippen LogP contribution in [0.1, 0.15) is 35.4 Å². The van der Waals surface area contributed by atoms with Crippen molar-refractivity contribution < 1.29 is 14.7 Å². The average Bonchev–Trinajstić information content (AvgIpc) is 2.78. The van der Waals surface area contributed by atoms with Crippen LogP contribution in [0.15, 0.2) is 30.3 Å². The van der Waals surface area contributed by atoms with Crippen LogP contribution < -0.4 is 0 Å². The lowest BCUT2D eigenvalue weighted by molar-refractivity contribution is -0.145. The number of nitrogens with zero attached hydrogens (tertiary/aromatic N) is 3. The van der Waals surface area contributed by atoms with Crippen molar-refractivity contribution in [2.45, 2.75) is 33.2 Å². The summed E-state index contributed by atoms with van der Waals surface area (Å²) in [4.78, 5) is 25.5. The van der Waals surface area contributed by atoms with Crippen molar-refractivity contribution in [3.8, 4) is 0 Å².